The lowest BCUT2D eigenvalue weighted by Crippen LogP contribution is -3.14. The van der Waals surface area contributed by atoms with Crippen LogP contribution in [0.2, 0.25) is 0 Å². The van der Waals surface area contributed by atoms with Crippen molar-refractivity contribution >= 4 is 32.6 Å². The Bertz CT molecular complexity index is 1090. The Labute approximate surface area is 180 Å². The molecule has 2 aromatic carbocycles. The van der Waals surface area contributed by atoms with E-state index in [1.807, 2.05) is 0 Å². The number of carbonyl (C=O) groups is 1. The highest BCUT2D eigenvalue weighted by Gasteiger charge is 2.24. The predicted octanol–water partition coefficient (Wildman–Crippen LogP) is 2.35. The van der Waals surface area contributed by atoms with Gasteiger partial charge < -0.3 is 9.64 Å². The number of rotatable bonds is 5. The summed E-state index contributed by atoms with van der Waals surface area (Å²) in [5.41, 5.74) is 4.42. The van der Waals surface area contributed by atoms with Crippen molar-refractivity contribution in [2.24, 2.45) is 0 Å². The molecule has 0 unspecified atom stereocenters. The maximum Gasteiger partial charge on any atom is 0.260 e. The summed E-state index contributed by atoms with van der Waals surface area (Å²) in [5.74, 6) is -0.0828. The lowest BCUT2D eigenvalue weighted by molar-refractivity contribution is -0.906. The van der Waals surface area contributed by atoms with E-state index in [0.29, 0.717) is 17.7 Å². The van der Waals surface area contributed by atoms with Crippen molar-refractivity contribution in [3.8, 4) is 6.07 Å². The molecule has 1 amide bonds. The van der Waals surface area contributed by atoms with Crippen LogP contribution in [0.5, 0.6) is 0 Å². The van der Waals surface area contributed by atoms with Gasteiger partial charge in [0.2, 0.25) is 0 Å². The van der Waals surface area contributed by atoms with Gasteiger partial charge in [0.15, 0.2) is 5.13 Å². The standard InChI is InChI=1S/C23H24N4O2S/c1-16-3-8-20-21(17(16)2)25-23(30-20)27(10-9-26-11-13-29-14-12-26)22(28)19-6-4-18(15-24)5-7-19/h3-8H,9-14H2,1-2H3/p+1. The second-order valence-electron chi connectivity index (χ2n) is 7.61. The minimum absolute atomic E-state index is 0.0828. The zero-order chi connectivity index (χ0) is 21.1. The highest BCUT2D eigenvalue weighted by Crippen LogP contribution is 2.32. The zero-order valence-corrected chi connectivity index (χ0v) is 18.1. The van der Waals surface area contributed by atoms with Gasteiger partial charge in [0.05, 0.1) is 48.2 Å². The average Bonchev–Trinajstić information content (AvgIpc) is 3.22. The molecule has 30 heavy (non-hydrogen) atoms. The number of fused-ring (bicyclic) bond motifs is 1. The maximum atomic E-state index is 13.4. The highest BCUT2D eigenvalue weighted by molar-refractivity contribution is 7.22. The quantitative estimate of drug-likeness (QED) is 0.687. The lowest BCUT2D eigenvalue weighted by Gasteiger charge is -2.27. The van der Waals surface area contributed by atoms with E-state index in [0.717, 1.165) is 53.8 Å². The molecule has 0 radical (unpaired) electrons. The summed E-state index contributed by atoms with van der Waals surface area (Å²) in [6.07, 6.45) is 0. The Morgan fingerprint density at radius 1 is 1.20 bits per heavy atom. The van der Waals surface area contributed by atoms with Crippen molar-refractivity contribution in [2.45, 2.75) is 13.8 Å². The van der Waals surface area contributed by atoms with E-state index in [4.69, 9.17) is 15.0 Å². The Hall–Kier alpha value is -2.79. The summed E-state index contributed by atoms with van der Waals surface area (Å²) in [6.45, 7) is 9.03. The fraction of sp³-hybridized carbons (Fsp3) is 0.348. The molecule has 2 heterocycles. The summed E-state index contributed by atoms with van der Waals surface area (Å²) in [5, 5.41) is 9.77. The van der Waals surface area contributed by atoms with Crippen LogP contribution in [0.25, 0.3) is 10.2 Å². The summed E-state index contributed by atoms with van der Waals surface area (Å²) in [7, 11) is 0. The Morgan fingerprint density at radius 2 is 1.93 bits per heavy atom. The van der Waals surface area contributed by atoms with Gasteiger partial charge in [-0.25, -0.2) is 4.98 Å². The molecule has 1 aliphatic rings. The number of nitrogens with zero attached hydrogens (tertiary/aromatic N) is 3. The first-order chi connectivity index (χ1) is 14.6. The molecule has 3 aromatic rings. The molecule has 0 spiro atoms. The van der Waals surface area contributed by atoms with Gasteiger partial charge in [-0.05, 0) is 55.3 Å². The van der Waals surface area contributed by atoms with Crippen LogP contribution >= 0.6 is 11.3 Å². The lowest BCUT2D eigenvalue weighted by atomic mass is 10.1. The van der Waals surface area contributed by atoms with Crippen LogP contribution in [0.15, 0.2) is 36.4 Å². The first kappa shape index (κ1) is 20.5. The summed E-state index contributed by atoms with van der Waals surface area (Å²) in [4.78, 5) is 21.5. The fourth-order valence-electron chi connectivity index (χ4n) is 3.64. The van der Waals surface area contributed by atoms with Crippen LogP contribution in [0.3, 0.4) is 0 Å². The summed E-state index contributed by atoms with van der Waals surface area (Å²) >= 11 is 1.55. The van der Waals surface area contributed by atoms with Gasteiger partial charge in [-0.15, -0.1) is 0 Å². The van der Waals surface area contributed by atoms with Crippen LogP contribution in [-0.4, -0.2) is 50.3 Å². The highest BCUT2D eigenvalue weighted by atomic mass is 32.1. The van der Waals surface area contributed by atoms with Crippen LogP contribution < -0.4 is 9.80 Å². The largest absolute Gasteiger partial charge is 0.370 e. The number of hydrogen-bond donors (Lipinski definition) is 1. The number of thiazole rings is 1. The van der Waals surface area contributed by atoms with Crippen molar-refractivity contribution in [2.75, 3.05) is 44.3 Å². The van der Waals surface area contributed by atoms with Crippen molar-refractivity contribution < 1.29 is 14.4 Å². The molecule has 0 bridgehead atoms. The molecular weight excluding hydrogens is 396 g/mol. The number of aromatic nitrogens is 1. The molecular formula is C23H25N4O2S+. The zero-order valence-electron chi connectivity index (χ0n) is 17.3. The van der Waals surface area contributed by atoms with Crippen LogP contribution in [-0.2, 0) is 4.74 Å². The van der Waals surface area contributed by atoms with E-state index in [1.54, 1.807) is 40.5 Å². The first-order valence-corrected chi connectivity index (χ1v) is 11.0. The minimum atomic E-state index is -0.0828. The van der Waals surface area contributed by atoms with E-state index < -0.39 is 0 Å². The Morgan fingerprint density at radius 3 is 2.63 bits per heavy atom. The maximum absolute atomic E-state index is 13.4. The number of hydrogen-bond acceptors (Lipinski definition) is 5. The molecule has 0 saturated carbocycles. The summed E-state index contributed by atoms with van der Waals surface area (Å²) < 4.78 is 6.54. The van der Waals surface area contributed by atoms with Gasteiger partial charge in [0.25, 0.3) is 5.91 Å². The van der Waals surface area contributed by atoms with Gasteiger partial charge in [-0.3, -0.25) is 9.69 Å². The van der Waals surface area contributed by atoms with E-state index in [9.17, 15) is 4.79 Å². The molecule has 1 N–H and O–H groups in total. The molecule has 0 atom stereocenters. The third-order valence-electron chi connectivity index (χ3n) is 5.70. The van der Waals surface area contributed by atoms with Crippen molar-refractivity contribution in [3.05, 3.63) is 58.7 Å². The van der Waals surface area contributed by atoms with Gasteiger partial charge in [0.1, 0.15) is 13.1 Å². The molecule has 1 fully saturated rings. The molecule has 1 aromatic heterocycles. The number of aryl methyl sites for hydroxylation is 2. The number of carbonyl (C=O) groups excluding carboxylic acids is 1. The number of benzene rings is 2. The number of nitriles is 1. The number of ether oxygens (including phenoxy) is 1. The molecule has 1 saturated heterocycles. The average molecular weight is 422 g/mol. The molecule has 6 nitrogen and oxygen atoms in total. The number of anilines is 1. The van der Waals surface area contributed by atoms with Gasteiger partial charge >= 0.3 is 0 Å². The molecule has 0 aliphatic carbocycles. The smallest absolute Gasteiger partial charge is 0.260 e. The van der Waals surface area contributed by atoms with Gasteiger partial charge in [0, 0.05) is 5.56 Å². The molecule has 1 aliphatic heterocycles. The van der Waals surface area contributed by atoms with Crippen molar-refractivity contribution in [3.63, 3.8) is 0 Å². The second-order valence-corrected chi connectivity index (χ2v) is 8.62. The van der Waals surface area contributed by atoms with Gasteiger partial charge in [-0.1, -0.05) is 17.4 Å². The van der Waals surface area contributed by atoms with E-state index >= 15 is 0 Å². The molecule has 7 heteroatoms. The summed E-state index contributed by atoms with van der Waals surface area (Å²) in [6, 6.07) is 13.1. The second kappa shape index (κ2) is 8.92. The Kier molecular flexibility index (Phi) is 6.09. The normalized spacial score (nSPS) is 14.6. The first-order valence-electron chi connectivity index (χ1n) is 10.2. The third-order valence-corrected chi connectivity index (χ3v) is 6.74. The third kappa shape index (κ3) is 4.21. The van der Waals surface area contributed by atoms with E-state index in [1.165, 1.54) is 10.5 Å². The molecule has 4 rings (SSSR count). The van der Waals surface area contributed by atoms with E-state index in [-0.39, 0.29) is 5.91 Å². The predicted molar refractivity (Wildman–Crippen MR) is 118 cm³/mol. The van der Waals surface area contributed by atoms with Crippen LogP contribution in [0.4, 0.5) is 5.13 Å². The monoisotopic (exact) mass is 421 g/mol. The van der Waals surface area contributed by atoms with Crippen molar-refractivity contribution in [1.29, 1.82) is 5.26 Å². The number of amides is 1. The van der Waals surface area contributed by atoms with E-state index in [2.05, 4.69) is 32.0 Å². The van der Waals surface area contributed by atoms with Crippen molar-refractivity contribution in [1.82, 2.24) is 4.98 Å². The fourth-order valence-corrected chi connectivity index (χ4v) is 4.69. The molecule has 154 valence electrons. The van der Waals surface area contributed by atoms with Gasteiger partial charge in [-0.2, -0.15) is 5.26 Å². The number of quaternary nitrogens is 1. The number of morpholine rings is 1. The number of nitrogens with one attached hydrogen (secondary N) is 1. The Balaban J connectivity index is 1.66. The minimum Gasteiger partial charge on any atom is -0.370 e. The van der Waals surface area contributed by atoms with Crippen LogP contribution in [0.1, 0.15) is 27.0 Å². The SMILES string of the molecule is Cc1ccc2sc(N(CC[NH+]3CCOCC3)C(=O)c3ccc(C#N)cc3)nc2c1C. The van der Waals surface area contributed by atoms with Crippen LogP contribution in [0, 0.1) is 25.2 Å². The topological polar surface area (TPSA) is 70.7 Å².